The van der Waals surface area contributed by atoms with Gasteiger partial charge in [-0.3, -0.25) is 0 Å². The Bertz CT molecular complexity index is 644. The van der Waals surface area contributed by atoms with Gasteiger partial charge in [0.25, 0.3) is 0 Å². The van der Waals surface area contributed by atoms with Gasteiger partial charge in [-0.1, -0.05) is 0 Å². The largest absolute Gasteiger partial charge is 0.467 e. The maximum atomic E-state index is 11.9. The third-order valence-electron chi connectivity index (χ3n) is 3.10. The number of furan rings is 1. The van der Waals surface area contributed by atoms with Crippen molar-refractivity contribution >= 4 is 11.7 Å². The van der Waals surface area contributed by atoms with Gasteiger partial charge in [0.15, 0.2) is 0 Å². The summed E-state index contributed by atoms with van der Waals surface area (Å²) < 4.78 is 5.11. The average Bonchev–Trinajstić information content (AvgIpc) is 3.02. The smallest absolute Gasteiger partial charge is 0.319 e. The number of nitriles is 1. The number of urea groups is 1. The van der Waals surface area contributed by atoms with E-state index in [1.54, 1.807) is 43.3 Å². The van der Waals surface area contributed by atoms with Crippen LogP contribution in [0.15, 0.2) is 47.1 Å². The quantitative estimate of drug-likeness (QED) is 0.790. The number of hydrogen-bond donors (Lipinski definition) is 3. The normalized spacial score (nSPS) is 13.0. The van der Waals surface area contributed by atoms with E-state index in [0.717, 1.165) is 0 Å². The molecule has 6 heteroatoms. The maximum absolute atomic E-state index is 11.9. The van der Waals surface area contributed by atoms with E-state index in [1.807, 2.05) is 6.07 Å². The van der Waals surface area contributed by atoms with Gasteiger partial charge in [-0.2, -0.15) is 5.26 Å². The number of aliphatic hydroxyl groups is 1. The van der Waals surface area contributed by atoms with E-state index < -0.39 is 6.10 Å². The molecule has 2 atom stereocenters. The van der Waals surface area contributed by atoms with E-state index in [1.165, 1.54) is 6.26 Å². The van der Waals surface area contributed by atoms with Crippen molar-refractivity contribution in [3.8, 4) is 6.07 Å². The van der Waals surface area contributed by atoms with Gasteiger partial charge >= 0.3 is 6.03 Å². The van der Waals surface area contributed by atoms with E-state index in [9.17, 15) is 9.90 Å². The van der Waals surface area contributed by atoms with Crippen molar-refractivity contribution in [3.63, 3.8) is 0 Å². The van der Waals surface area contributed by atoms with Gasteiger partial charge in [-0.25, -0.2) is 4.79 Å². The number of aliphatic hydroxyl groups excluding tert-OH is 1. The molecule has 2 amide bonds. The molecule has 2 unspecified atom stereocenters. The molecule has 1 aromatic carbocycles. The molecule has 0 aliphatic rings. The zero-order valence-electron chi connectivity index (χ0n) is 12.1. The lowest BCUT2D eigenvalue weighted by Gasteiger charge is -2.17. The van der Waals surface area contributed by atoms with Crippen molar-refractivity contribution < 1.29 is 14.3 Å². The summed E-state index contributed by atoms with van der Waals surface area (Å²) in [7, 11) is 0. The first-order valence-corrected chi connectivity index (χ1v) is 6.87. The number of benzene rings is 1. The Kier molecular flexibility index (Phi) is 5.17. The minimum absolute atomic E-state index is 0.238. The topological polar surface area (TPSA) is 98.3 Å². The summed E-state index contributed by atoms with van der Waals surface area (Å²) in [5.74, 6) is 0.473. The van der Waals surface area contributed by atoms with Gasteiger partial charge in [0.2, 0.25) is 0 Å². The highest BCUT2D eigenvalue weighted by atomic mass is 16.4. The SMILES string of the molecule is CC(CC(O)c1ccco1)NC(=O)Nc1ccc(C#N)cc1. The fourth-order valence-corrected chi connectivity index (χ4v) is 2.01. The summed E-state index contributed by atoms with van der Waals surface area (Å²) in [6.07, 6.45) is 1.07. The van der Waals surface area contributed by atoms with E-state index in [-0.39, 0.29) is 12.1 Å². The molecule has 0 saturated carbocycles. The maximum Gasteiger partial charge on any atom is 0.319 e. The number of hydrogen-bond acceptors (Lipinski definition) is 4. The molecule has 114 valence electrons. The van der Waals surface area contributed by atoms with E-state index in [4.69, 9.17) is 9.68 Å². The molecular formula is C16H17N3O3. The van der Waals surface area contributed by atoms with Crippen molar-refractivity contribution in [2.45, 2.75) is 25.5 Å². The van der Waals surface area contributed by atoms with Crippen LogP contribution in [-0.2, 0) is 0 Å². The number of nitrogens with one attached hydrogen (secondary N) is 2. The molecule has 22 heavy (non-hydrogen) atoms. The molecular weight excluding hydrogens is 282 g/mol. The van der Waals surface area contributed by atoms with Gasteiger partial charge in [0.05, 0.1) is 17.9 Å². The molecule has 0 radical (unpaired) electrons. The third-order valence-corrected chi connectivity index (χ3v) is 3.10. The monoisotopic (exact) mass is 299 g/mol. The predicted octanol–water partition coefficient (Wildman–Crippen LogP) is 2.78. The Balaban J connectivity index is 1.82. The number of carbonyl (C=O) groups is 1. The lowest BCUT2D eigenvalue weighted by Crippen LogP contribution is -2.37. The fourth-order valence-electron chi connectivity index (χ4n) is 2.01. The molecule has 3 N–H and O–H groups in total. The van der Waals surface area contributed by atoms with Gasteiger partial charge < -0.3 is 20.2 Å². The summed E-state index contributed by atoms with van der Waals surface area (Å²) in [5.41, 5.74) is 1.12. The number of rotatable bonds is 5. The second-order valence-electron chi connectivity index (χ2n) is 4.96. The van der Waals surface area contributed by atoms with Crippen molar-refractivity contribution in [2.24, 2.45) is 0 Å². The Morgan fingerprint density at radius 1 is 1.36 bits per heavy atom. The van der Waals surface area contributed by atoms with Crippen molar-refractivity contribution in [2.75, 3.05) is 5.32 Å². The zero-order chi connectivity index (χ0) is 15.9. The van der Waals surface area contributed by atoms with Crippen LogP contribution < -0.4 is 10.6 Å². The van der Waals surface area contributed by atoms with Crippen LogP contribution >= 0.6 is 0 Å². The van der Waals surface area contributed by atoms with Crippen molar-refractivity contribution in [3.05, 3.63) is 54.0 Å². The van der Waals surface area contributed by atoms with E-state index in [0.29, 0.717) is 23.4 Å². The van der Waals surface area contributed by atoms with Crippen LogP contribution in [-0.4, -0.2) is 17.2 Å². The van der Waals surface area contributed by atoms with Gasteiger partial charge in [-0.05, 0) is 43.3 Å². The first-order chi connectivity index (χ1) is 10.6. The fraction of sp³-hybridized carbons (Fsp3) is 0.250. The third kappa shape index (κ3) is 4.36. The van der Waals surface area contributed by atoms with E-state index >= 15 is 0 Å². The standard InChI is InChI=1S/C16H17N3O3/c1-11(9-14(20)15-3-2-8-22-15)18-16(21)19-13-6-4-12(10-17)5-7-13/h2-8,11,14,20H,9H2,1H3,(H2,18,19,21). The molecule has 2 aromatic rings. The molecule has 2 rings (SSSR count). The molecule has 6 nitrogen and oxygen atoms in total. The zero-order valence-corrected chi connectivity index (χ0v) is 12.1. The van der Waals surface area contributed by atoms with Gasteiger partial charge in [0.1, 0.15) is 11.9 Å². The first kappa shape index (κ1) is 15.6. The van der Waals surface area contributed by atoms with Crippen LogP contribution in [0, 0.1) is 11.3 Å². The number of nitrogens with zero attached hydrogens (tertiary/aromatic N) is 1. The van der Waals surface area contributed by atoms with Crippen LogP contribution in [0.5, 0.6) is 0 Å². The Morgan fingerprint density at radius 3 is 2.68 bits per heavy atom. The molecule has 1 aromatic heterocycles. The minimum atomic E-state index is -0.764. The highest BCUT2D eigenvalue weighted by molar-refractivity contribution is 5.89. The average molecular weight is 299 g/mol. The summed E-state index contributed by atoms with van der Waals surface area (Å²) in [6, 6.07) is 11.3. The Labute approximate surface area is 128 Å². The molecule has 0 spiro atoms. The van der Waals surface area contributed by atoms with Crippen molar-refractivity contribution in [1.82, 2.24) is 5.32 Å². The Hall–Kier alpha value is -2.78. The second kappa shape index (κ2) is 7.29. The van der Waals surface area contributed by atoms with Crippen LogP contribution in [0.1, 0.15) is 30.8 Å². The first-order valence-electron chi connectivity index (χ1n) is 6.87. The van der Waals surface area contributed by atoms with Crippen LogP contribution in [0.4, 0.5) is 10.5 Å². The summed E-state index contributed by atoms with van der Waals surface area (Å²) >= 11 is 0. The molecule has 0 fully saturated rings. The van der Waals surface area contributed by atoms with E-state index in [2.05, 4.69) is 10.6 Å². The van der Waals surface area contributed by atoms with Gasteiger partial charge in [-0.15, -0.1) is 0 Å². The summed E-state index contributed by atoms with van der Waals surface area (Å²) in [5, 5.41) is 24.1. The molecule has 0 aliphatic heterocycles. The lowest BCUT2D eigenvalue weighted by molar-refractivity contribution is 0.130. The molecule has 0 aliphatic carbocycles. The van der Waals surface area contributed by atoms with Crippen LogP contribution in [0.25, 0.3) is 0 Å². The number of amides is 2. The van der Waals surface area contributed by atoms with Crippen LogP contribution in [0.2, 0.25) is 0 Å². The predicted molar refractivity (Wildman–Crippen MR) is 81.1 cm³/mol. The second-order valence-corrected chi connectivity index (χ2v) is 4.96. The molecule has 0 bridgehead atoms. The van der Waals surface area contributed by atoms with Gasteiger partial charge in [0, 0.05) is 18.2 Å². The number of carbonyl (C=O) groups excluding carboxylic acids is 1. The highest BCUT2D eigenvalue weighted by Gasteiger charge is 2.16. The van der Waals surface area contributed by atoms with Crippen LogP contribution in [0.3, 0.4) is 0 Å². The minimum Gasteiger partial charge on any atom is -0.467 e. The summed E-state index contributed by atoms with van der Waals surface area (Å²) in [4.78, 5) is 11.9. The number of anilines is 1. The summed E-state index contributed by atoms with van der Waals surface area (Å²) in [6.45, 7) is 1.80. The highest BCUT2D eigenvalue weighted by Crippen LogP contribution is 2.18. The Morgan fingerprint density at radius 2 is 2.09 bits per heavy atom. The lowest BCUT2D eigenvalue weighted by atomic mass is 10.1. The van der Waals surface area contributed by atoms with Crippen molar-refractivity contribution in [1.29, 1.82) is 5.26 Å². The molecule has 1 heterocycles. The molecule has 0 saturated heterocycles.